The van der Waals surface area contributed by atoms with Crippen molar-refractivity contribution in [1.82, 2.24) is 0 Å². The molecule has 0 bridgehead atoms. The standard InChI is InChI=1S/C20H16FOPS/c21-20(24-19-14-8-3-9-15-19)16-23(22,17-10-4-1-5-11-17)18-12-6-2-7-13-18/h1-16H/b20-16+. The lowest BCUT2D eigenvalue weighted by molar-refractivity contribution is 0.591. The summed E-state index contributed by atoms with van der Waals surface area (Å²) >= 11 is 0.982. The van der Waals surface area contributed by atoms with Gasteiger partial charge in [-0.15, -0.1) is 0 Å². The Bertz CT molecular complexity index is 820. The van der Waals surface area contributed by atoms with Gasteiger partial charge in [0.2, 0.25) is 0 Å². The molecule has 0 aromatic heterocycles. The predicted molar refractivity (Wildman–Crippen MR) is 101 cm³/mol. The van der Waals surface area contributed by atoms with Crippen LogP contribution in [0.4, 0.5) is 4.39 Å². The van der Waals surface area contributed by atoms with Crippen LogP contribution in [-0.4, -0.2) is 0 Å². The van der Waals surface area contributed by atoms with Gasteiger partial charge < -0.3 is 4.57 Å². The van der Waals surface area contributed by atoms with Crippen molar-refractivity contribution in [3.63, 3.8) is 0 Å². The zero-order valence-electron chi connectivity index (χ0n) is 12.9. The summed E-state index contributed by atoms with van der Waals surface area (Å²) in [7, 11) is -3.18. The van der Waals surface area contributed by atoms with Gasteiger partial charge in [-0.25, -0.2) is 0 Å². The molecule has 0 aliphatic rings. The second-order valence-corrected chi connectivity index (χ2v) is 8.85. The van der Waals surface area contributed by atoms with Crippen LogP contribution in [0.25, 0.3) is 0 Å². The topological polar surface area (TPSA) is 17.1 Å². The molecular formula is C20H16FOPS. The fourth-order valence-electron chi connectivity index (χ4n) is 2.37. The molecule has 3 rings (SSSR count). The molecule has 3 aromatic rings. The van der Waals surface area contributed by atoms with E-state index >= 15 is 0 Å². The minimum Gasteiger partial charge on any atom is -0.309 e. The Morgan fingerprint density at radius 1 is 0.750 bits per heavy atom. The van der Waals surface area contributed by atoms with Gasteiger partial charge in [-0.2, -0.15) is 4.39 Å². The third-order valence-corrected chi connectivity index (χ3v) is 7.24. The molecule has 0 fully saturated rings. The molecule has 0 saturated heterocycles. The second-order valence-electron chi connectivity index (χ2n) is 5.18. The summed E-state index contributed by atoms with van der Waals surface area (Å²) in [5, 5.41) is 0.789. The van der Waals surface area contributed by atoms with Crippen LogP contribution >= 0.6 is 18.9 Å². The second kappa shape index (κ2) is 7.65. The molecule has 0 atom stereocenters. The highest BCUT2D eigenvalue weighted by atomic mass is 32.2. The summed E-state index contributed by atoms with van der Waals surface area (Å²) in [6.45, 7) is 0. The van der Waals surface area contributed by atoms with Gasteiger partial charge in [0.15, 0.2) is 12.3 Å². The largest absolute Gasteiger partial charge is 0.309 e. The van der Waals surface area contributed by atoms with Gasteiger partial charge in [0, 0.05) is 21.3 Å². The highest BCUT2D eigenvalue weighted by Crippen LogP contribution is 2.48. The van der Waals surface area contributed by atoms with E-state index in [1.807, 2.05) is 66.7 Å². The van der Waals surface area contributed by atoms with E-state index in [0.29, 0.717) is 10.6 Å². The first kappa shape index (κ1) is 16.8. The maximum absolute atomic E-state index is 14.6. The van der Waals surface area contributed by atoms with E-state index < -0.39 is 12.3 Å². The molecule has 4 heteroatoms. The summed E-state index contributed by atoms with van der Waals surface area (Å²) in [4.78, 5) is 0.777. The van der Waals surface area contributed by atoms with Crippen molar-refractivity contribution in [2.75, 3.05) is 0 Å². The number of thioether (sulfide) groups is 1. The third-order valence-electron chi connectivity index (χ3n) is 3.52. The van der Waals surface area contributed by atoms with Gasteiger partial charge in [-0.05, 0) is 12.1 Å². The molecule has 0 heterocycles. The molecule has 0 radical (unpaired) electrons. The van der Waals surface area contributed by atoms with Gasteiger partial charge in [0.05, 0.1) is 0 Å². The summed E-state index contributed by atoms with van der Waals surface area (Å²) < 4.78 is 28.3. The van der Waals surface area contributed by atoms with Crippen LogP contribution in [0.15, 0.2) is 107 Å². The van der Waals surface area contributed by atoms with Gasteiger partial charge in [0.25, 0.3) is 0 Å². The van der Waals surface area contributed by atoms with Gasteiger partial charge in [0.1, 0.15) is 0 Å². The average Bonchev–Trinajstić information content (AvgIpc) is 2.64. The number of benzene rings is 3. The molecule has 24 heavy (non-hydrogen) atoms. The highest BCUT2D eigenvalue weighted by Gasteiger charge is 2.25. The molecule has 0 amide bonds. The van der Waals surface area contributed by atoms with Crippen LogP contribution < -0.4 is 10.6 Å². The van der Waals surface area contributed by atoms with E-state index in [1.54, 1.807) is 24.3 Å². The fraction of sp³-hybridized carbons (Fsp3) is 0. The molecule has 0 saturated carbocycles. The lowest BCUT2D eigenvalue weighted by atomic mass is 10.4. The van der Waals surface area contributed by atoms with Crippen LogP contribution in [0, 0.1) is 0 Å². The molecule has 0 N–H and O–H groups in total. The fourth-order valence-corrected chi connectivity index (χ4v) is 5.65. The summed E-state index contributed by atoms with van der Waals surface area (Å²) in [5.74, 6) is 1.27. The van der Waals surface area contributed by atoms with Crippen molar-refractivity contribution < 1.29 is 8.96 Å². The molecule has 0 aliphatic carbocycles. The monoisotopic (exact) mass is 354 g/mol. The molecule has 0 aliphatic heterocycles. The van der Waals surface area contributed by atoms with Crippen molar-refractivity contribution in [2.24, 2.45) is 0 Å². The van der Waals surface area contributed by atoms with Crippen molar-refractivity contribution >= 4 is 29.5 Å². The van der Waals surface area contributed by atoms with E-state index in [2.05, 4.69) is 0 Å². The minimum absolute atomic E-state index is 0.461. The Balaban J connectivity index is 2.03. The van der Waals surface area contributed by atoms with Gasteiger partial charge >= 0.3 is 0 Å². The predicted octanol–water partition coefficient (Wildman–Crippen LogP) is 5.56. The molecule has 0 spiro atoms. The first-order valence-electron chi connectivity index (χ1n) is 7.51. The van der Waals surface area contributed by atoms with E-state index in [9.17, 15) is 8.96 Å². The summed E-state index contributed by atoms with van der Waals surface area (Å²) in [5.41, 5.74) is 0. The van der Waals surface area contributed by atoms with E-state index in [0.717, 1.165) is 16.7 Å². The molecular weight excluding hydrogens is 338 g/mol. The number of hydrogen-bond acceptors (Lipinski definition) is 2. The Labute approximate surface area is 145 Å². The molecule has 3 aromatic carbocycles. The SMILES string of the molecule is O=P(/C=C(\F)Sc1ccccc1)(c1ccccc1)c1ccccc1. The van der Waals surface area contributed by atoms with E-state index in [-0.39, 0.29) is 0 Å². The molecule has 120 valence electrons. The van der Waals surface area contributed by atoms with Crippen molar-refractivity contribution in [1.29, 1.82) is 0 Å². The van der Waals surface area contributed by atoms with Crippen molar-refractivity contribution in [2.45, 2.75) is 4.90 Å². The highest BCUT2D eigenvalue weighted by molar-refractivity contribution is 8.03. The average molecular weight is 354 g/mol. The quantitative estimate of drug-likeness (QED) is 0.441. The summed E-state index contributed by atoms with van der Waals surface area (Å²) in [6, 6.07) is 27.4. The Kier molecular flexibility index (Phi) is 5.34. The first-order valence-corrected chi connectivity index (χ1v) is 10.1. The molecule has 1 nitrogen and oxygen atoms in total. The van der Waals surface area contributed by atoms with Gasteiger partial charge in [-0.3, -0.25) is 0 Å². The maximum Gasteiger partial charge on any atom is 0.167 e. The Hall–Kier alpha value is -2.09. The van der Waals surface area contributed by atoms with Crippen LogP contribution in [0.3, 0.4) is 0 Å². The zero-order chi connectivity index (χ0) is 16.8. The Morgan fingerprint density at radius 2 is 1.17 bits per heavy atom. The zero-order valence-corrected chi connectivity index (χ0v) is 14.6. The van der Waals surface area contributed by atoms with Crippen LogP contribution in [-0.2, 0) is 4.57 Å². The minimum atomic E-state index is -3.18. The number of rotatable bonds is 5. The lowest BCUT2D eigenvalue weighted by Gasteiger charge is -2.15. The van der Waals surface area contributed by atoms with Crippen LogP contribution in [0.5, 0.6) is 0 Å². The number of hydrogen-bond donors (Lipinski definition) is 0. The van der Waals surface area contributed by atoms with Crippen LogP contribution in [0.1, 0.15) is 0 Å². The van der Waals surface area contributed by atoms with Gasteiger partial charge in [-0.1, -0.05) is 90.6 Å². The lowest BCUT2D eigenvalue weighted by Crippen LogP contribution is -2.14. The van der Waals surface area contributed by atoms with Crippen molar-refractivity contribution in [3.05, 3.63) is 102 Å². The maximum atomic E-state index is 14.6. The molecule has 0 unspecified atom stereocenters. The number of halogens is 1. The Morgan fingerprint density at radius 3 is 1.62 bits per heavy atom. The normalized spacial score (nSPS) is 12.1. The third kappa shape index (κ3) is 3.87. The first-order chi connectivity index (χ1) is 11.7. The van der Waals surface area contributed by atoms with Crippen LogP contribution in [0.2, 0.25) is 0 Å². The van der Waals surface area contributed by atoms with E-state index in [1.165, 1.54) is 5.82 Å². The van der Waals surface area contributed by atoms with Crippen molar-refractivity contribution in [3.8, 4) is 0 Å². The van der Waals surface area contributed by atoms with E-state index in [4.69, 9.17) is 0 Å². The summed E-state index contributed by atoms with van der Waals surface area (Å²) in [6.07, 6.45) is 0. The smallest absolute Gasteiger partial charge is 0.167 e.